The van der Waals surface area contributed by atoms with E-state index in [-0.39, 0.29) is 5.91 Å². The van der Waals surface area contributed by atoms with Gasteiger partial charge in [-0.05, 0) is 43.7 Å². The van der Waals surface area contributed by atoms with Crippen molar-refractivity contribution in [2.24, 2.45) is 23.5 Å². The minimum absolute atomic E-state index is 0.158. The number of nitrogens with two attached hydrogens (primary N) is 1. The largest absolute Gasteiger partial charge is 0.370 e. The van der Waals surface area contributed by atoms with Crippen molar-refractivity contribution in [2.75, 3.05) is 13.1 Å². The Balaban J connectivity index is 2.51. The third-order valence-electron chi connectivity index (χ3n) is 3.23. The van der Waals surface area contributed by atoms with E-state index in [1.54, 1.807) is 0 Å². The second kappa shape index (κ2) is 5.35. The fourth-order valence-corrected chi connectivity index (χ4v) is 2.42. The van der Waals surface area contributed by atoms with Crippen LogP contribution < -0.4 is 11.1 Å². The van der Waals surface area contributed by atoms with Gasteiger partial charge in [0.15, 0.2) is 0 Å². The Morgan fingerprint density at radius 1 is 1.57 bits per heavy atom. The van der Waals surface area contributed by atoms with Gasteiger partial charge in [-0.1, -0.05) is 13.8 Å². The lowest BCUT2D eigenvalue weighted by atomic mass is 9.77. The molecule has 82 valence electrons. The van der Waals surface area contributed by atoms with Gasteiger partial charge in [-0.15, -0.1) is 0 Å². The van der Waals surface area contributed by atoms with E-state index in [1.165, 1.54) is 12.8 Å². The van der Waals surface area contributed by atoms with Crippen LogP contribution in [0.1, 0.15) is 33.1 Å². The highest BCUT2D eigenvalue weighted by molar-refractivity contribution is 5.74. The van der Waals surface area contributed by atoms with Crippen molar-refractivity contribution in [3.63, 3.8) is 0 Å². The molecule has 2 atom stereocenters. The van der Waals surface area contributed by atoms with Crippen LogP contribution in [0.25, 0.3) is 0 Å². The Morgan fingerprint density at radius 3 is 2.71 bits per heavy atom. The average molecular weight is 198 g/mol. The van der Waals surface area contributed by atoms with Crippen molar-refractivity contribution in [3.8, 4) is 0 Å². The molecule has 2 unspecified atom stereocenters. The lowest BCUT2D eigenvalue weighted by molar-refractivity contribution is -0.119. The van der Waals surface area contributed by atoms with Crippen molar-refractivity contribution in [1.82, 2.24) is 5.32 Å². The van der Waals surface area contributed by atoms with Crippen LogP contribution in [0.15, 0.2) is 0 Å². The monoisotopic (exact) mass is 198 g/mol. The summed E-state index contributed by atoms with van der Waals surface area (Å²) >= 11 is 0. The molecular weight excluding hydrogens is 176 g/mol. The molecular formula is C11H22N2O. The van der Waals surface area contributed by atoms with Gasteiger partial charge < -0.3 is 11.1 Å². The molecule has 0 aliphatic carbocycles. The van der Waals surface area contributed by atoms with E-state index in [0.717, 1.165) is 13.1 Å². The lowest BCUT2D eigenvalue weighted by Crippen LogP contribution is -2.37. The molecule has 0 aromatic heterocycles. The van der Waals surface area contributed by atoms with E-state index in [4.69, 9.17) is 5.73 Å². The topological polar surface area (TPSA) is 55.1 Å². The highest BCUT2D eigenvalue weighted by atomic mass is 16.1. The van der Waals surface area contributed by atoms with Gasteiger partial charge in [-0.25, -0.2) is 0 Å². The van der Waals surface area contributed by atoms with Crippen molar-refractivity contribution in [1.29, 1.82) is 0 Å². The Kier molecular flexibility index (Phi) is 4.39. The maximum Gasteiger partial charge on any atom is 0.217 e. The summed E-state index contributed by atoms with van der Waals surface area (Å²) < 4.78 is 0. The van der Waals surface area contributed by atoms with Gasteiger partial charge in [0.05, 0.1) is 0 Å². The molecule has 3 nitrogen and oxygen atoms in total. The molecule has 1 amide bonds. The second-order valence-corrected chi connectivity index (χ2v) is 4.68. The van der Waals surface area contributed by atoms with Crippen LogP contribution in [0.3, 0.4) is 0 Å². The number of rotatable bonds is 4. The minimum Gasteiger partial charge on any atom is -0.370 e. The molecule has 14 heavy (non-hydrogen) atoms. The molecule has 0 saturated carbocycles. The van der Waals surface area contributed by atoms with Crippen LogP contribution in [-0.2, 0) is 4.79 Å². The number of piperidine rings is 1. The zero-order chi connectivity index (χ0) is 10.6. The summed E-state index contributed by atoms with van der Waals surface area (Å²) in [6, 6.07) is 0. The Morgan fingerprint density at radius 2 is 2.29 bits per heavy atom. The number of hydrogen-bond acceptors (Lipinski definition) is 2. The first-order valence-corrected chi connectivity index (χ1v) is 5.60. The van der Waals surface area contributed by atoms with E-state index >= 15 is 0 Å². The smallest absolute Gasteiger partial charge is 0.217 e. The summed E-state index contributed by atoms with van der Waals surface area (Å²) in [4.78, 5) is 11.0. The summed E-state index contributed by atoms with van der Waals surface area (Å²) in [5.74, 6) is 1.48. The van der Waals surface area contributed by atoms with Gasteiger partial charge in [-0.2, -0.15) is 0 Å². The molecule has 3 N–H and O–H groups in total. The molecule has 1 aliphatic heterocycles. The zero-order valence-corrected chi connectivity index (χ0v) is 9.25. The number of primary amides is 1. The van der Waals surface area contributed by atoms with Crippen molar-refractivity contribution in [2.45, 2.75) is 33.1 Å². The summed E-state index contributed by atoms with van der Waals surface area (Å²) in [7, 11) is 0. The van der Waals surface area contributed by atoms with E-state index in [0.29, 0.717) is 24.2 Å². The van der Waals surface area contributed by atoms with Crippen LogP contribution in [-0.4, -0.2) is 19.0 Å². The Bertz CT molecular complexity index is 186. The molecule has 1 aliphatic rings. The van der Waals surface area contributed by atoms with Gasteiger partial charge in [0.25, 0.3) is 0 Å². The number of amides is 1. The molecule has 1 fully saturated rings. The van der Waals surface area contributed by atoms with Crippen LogP contribution in [0.2, 0.25) is 0 Å². The first-order chi connectivity index (χ1) is 6.61. The van der Waals surface area contributed by atoms with Gasteiger partial charge >= 0.3 is 0 Å². The molecule has 1 saturated heterocycles. The third kappa shape index (κ3) is 3.29. The molecule has 0 radical (unpaired) electrons. The third-order valence-corrected chi connectivity index (χ3v) is 3.23. The van der Waals surface area contributed by atoms with Crippen molar-refractivity contribution >= 4 is 5.91 Å². The van der Waals surface area contributed by atoms with Crippen molar-refractivity contribution in [3.05, 3.63) is 0 Å². The van der Waals surface area contributed by atoms with Gasteiger partial charge in [0, 0.05) is 6.42 Å². The van der Waals surface area contributed by atoms with Crippen LogP contribution in [0, 0.1) is 17.8 Å². The molecule has 0 bridgehead atoms. The quantitative estimate of drug-likeness (QED) is 0.711. The fourth-order valence-electron chi connectivity index (χ4n) is 2.42. The van der Waals surface area contributed by atoms with E-state index in [1.807, 2.05) is 0 Å². The lowest BCUT2D eigenvalue weighted by Gasteiger charge is -2.32. The zero-order valence-electron chi connectivity index (χ0n) is 9.25. The van der Waals surface area contributed by atoms with E-state index < -0.39 is 0 Å². The molecule has 0 aromatic rings. The highest BCUT2D eigenvalue weighted by Crippen LogP contribution is 2.28. The Hall–Kier alpha value is -0.570. The van der Waals surface area contributed by atoms with E-state index in [9.17, 15) is 4.79 Å². The summed E-state index contributed by atoms with van der Waals surface area (Å²) in [6.45, 7) is 6.54. The van der Waals surface area contributed by atoms with Crippen LogP contribution in [0.5, 0.6) is 0 Å². The maximum absolute atomic E-state index is 11.0. The standard InChI is InChI=1S/C11H22N2O/c1-8(2)10(6-11(12)14)9-4-3-5-13-7-9/h8-10,13H,3-7H2,1-2H3,(H2,12,14). The minimum atomic E-state index is -0.158. The molecule has 0 spiro atoms. The SMILES string of the molecule is CC(C)C(CC(N)=O)C1CCCNC1. The fraction of sp³-hybridized carbons (Fsp3) is 0.909. The van der Waals surface area contributed by atoms with Crippen LogP contribution >= 0.6 is 0 Å². The number of carbonyl (C=O) groups is 1. The number of hydrogen-bond donors (Lipinski definition) is 2. The van der Waals surface area contributed by atoms with Gasteiger partial charge in [0.1, 0.15) is 0 Å². The van der Waals surface area contributed by atoms with Crippen LogP contribution in [0.4, 0.5) is 0 Å². The summed E-state index contributed by atoms with van der Waals surface area (Å²) in [6.07, 6.45) is 3.01. The van der Waals surface area contributed by atoms with Gasteiger partial charge in [0.2, 0.25) is 5.91 Å². The molecule has 0 aromatic carbocycles. The summed E-state index contributed by atoms with van der Waals surface area (Å²) in [5.41, 5.74) is 5.28. The number of carbonyl (C=O) groups excluding carboxylic acids is 1. The highest BCUT2D eigenvalue weighted by Gasteiger charge is 2.27. The molecule has 1 heterocycles. The normalized spacial score (nSPS) is 24.9. The first-order valence-electron chi connectivity index (χ1n) is 5.60. The van der Waals surface area contributed by atoms with E-state index in [2.05, 4.69) is 19.2 Å². The molecule has 3 heteroatoms. The average Bonchev–Trinajstić information content (AvgIpc) is 2.15. The predicted octanol–water partition coefficient (Wildman–Crippen LogP) is 1.13. The van der Waals surface area contributed by atoms with Gasteiger partial charge in [-0.3, -0.25) is 4.79 Å². The maximum atomic E-state index is 11.0. The summed E-state index contributed by atoms with van der Waals surface area (Å²) in [5, 5.41) is 3.39. The number of nitrogens with one attached hydrogen (secondary N) is 1. The predicted molar refractivity (Wildman–Crippen MR) is 57.7 cm³/mol. The Labute approximate surface area is 86.4 Å². The second-order valence-electron chi connectivity index (χ2n) is 4.68. The van der Waals surface area contributed by atoms with Crippen molar-refractivity contribution < 1.29 is 4.79 Å². The first kappa shape index (κ1) is 11.5. The molecule has 1 rings (SSSR count).